The van der Waals surface area contributed by atoms with E-state index in [4.69, 9.17) is 4.74 Å². The summed E-state index contributed by atoms with van der Waals surface area (Å²) in [4.78, 5) is 24.7. The van der Waals surface area contributed by atoms with E-state index in [0.29, 0.717) is 24.7 Å². The Morgan fingerprint density at radius 1 is 1.06 bits per heavy atom. The minimum Gasteiger partial charge on any atom is -0.481 e. The summed E-state index contributed by atoms with van der Waals surface area (Å²) in [7, 11) is 1.47. The van der Waals surface area contributed by atoms with Gasteiger partial charge in [0.25, 0.3) is 0 Å². The van der Waals surface area contributed by atoms with Gasteiger partial charge in [-0.3, -0.25) is 9.59 Å². The normalized spacial score (nSPS) is 34.7. The zero-order valence-electron chi connectivity index (χ0n) is 24.0. The smallest absolute Gasteiger partial charge is 0.306 e. The maximum Gasteiger partial charge on any atom is 0.306 e. The third-order valence-corrected chi connectivity index (χ3v) is 11.2. The number of carboxylic acid groups (broad SMARTS) is 1. The van der Waals surface area contributed by atoms with Crippen LogP contribution >= 0.6 is 0 Å². The number of fused-ring (bicyclic) bond motifs is 2. The van der Waals surface area contributed by atoms with Crippen molar-refractivity contribution >= 4 is 11.9 Å². The third kappa shape index (κ3) is 4.74. The van der Waals surface area contributed by atoms with E-state index in [2.05, 4.69) is 54.7 Å². The first-order chi connectivity index (χ1) is 16.7. The van der Waals surface area contributed by atoms with Crippen LogP contribution in [0.15, 0.2) is 35.5 Å². The summed E-state index contributed by atoms with van der Waals surface area (Å²) < 4.78 is 5.00. The highest BCUT2D eigenvalue weighted by molar-refractivity contribution is 5.71. The Hall–Kier alpha value is -1.84. The van der Waals surface area contributed by atoms with E-state index in [0.717, 1.165) is 56.9 Å². The van der Waals surface area contributed by atoms with Crippen molar-refractivity contribution in [1.29, 1.82) is 0 Å². The monoisotopic (exact) mass is 498 g/mol. The van der Waals surface area contributed by atoms with Crippen molar-refractivity contribution in [3.63, 3.8) is 0 Å². The van der Waals surface area contributed by atoms with Crippen LogP contribution in [0.3, 0.4) is 0 Å². The molecule has 4 heteroatoms. The first-order valence-corrected chi connectivity index (χ1v) is 14.1. The molecule has 1 N–H and O–H groups in total. The van der Waals surface area contributed by atoms with Crippen molar-refractivity contribution in [2.24, 2.45) is 39.9 Å². The number of ether oxygens (including phenoxy) is 1. The SMILES string of the molecule is C=C(CCC(C(=O)O)C1CCC2(C)C3=C(CCC12C)C(C)(CCC(=O)OC)C(C(=C)C)CC3)C(C)C. The van der Waals surface area contributed by atoms with Crippen molar-refractivity contribution in [2.45, 2.75) is 106 Å². The Balaban J connectivity index is 1.99. The van der Waals surface area contributed by atoms with Crippen molar-refractivity contribution in [2.75, 3.05) is 7.11 Å². The van der Waals surface area contributed by atoms with Gasteiger partial charge in [0.05, 0.1) is 13.0 Å². The molecule has 3 aliphatic carbocycles. The molecule has 0 aliphatic heterocycles. The molecule has 0 aromatic carbocycles. The van der Waals surface area contributed by atoms with Crippen molar-refractivity contribution in [3.8, 4) is 0 Å². The molecule has 3 aliphatic rings. The van der Waals surface area contributed by atoms with E-state index in [1.54, 1.807) is 5.57 Å². The molecule has 6 unspecified atom stereocenters. The highest BCUT2D eigenvalue weighted by Crippen LogP contribution is 2.71. The lowest BCUT2D eigenvalue weighted by atomic mass is 9.47. The van der Waals surface area contributed by atoms with Gasteiger partial charge in [-0.05, 0) is 98.7 Å². The predicted octanol–water partition coefficient (Wildman–Crippen LogP) is 8.14. The summed E-state index contributed by atoms with van der Waals surface area (Å²) in [5, 5.41) is 10.3. The number of rotatable bonds is 10. The molecule has 3 rings (SSSR count). The number of aliphatic carboxylic acids is 1. The molecular formula is C32H50O4. The molecule has 0 spiro atoms. The summed E-state index contributed by atoms with van der Waals surface area (Å²) in [5.41, 5.74) is 5.32. The number of carboxylic acids is 1. The van der Waals surface area contributed by atoms with E-state index in [1.165, 1.54) is 18.3 Å². The van der Waals surface area contributed by atoms with Gasteiger partial charge in [-0.1, -0.05) is 70.1 Å². The zero-order valence-corrected chi connectivity index (χ0v) is 24.0. The van der Waals surface area contributed by atoms with Gasteiger partial charge in [-0.25, -0.2) is 0 Å². The van der Waals surface area contributed by atoms with Crippen LogP contribution in [-0.2, 0) is 14.3 Å². The number of methoxy groups -OCH3 is 1. The first-order valence-electron chi connectivity index (χ1n) is 14.1. The Bertz CT molecular complexity index is 942. The lowest BCUT2D eigenvalue weighted by Gasteiger charge is -2.57. The van der Waals surface area contributed by atoms with Gasteiger partial charge >= 0.3 is 11.9 Å². The second-order valence-electron chi connectivity index (χ2n) is 13.1. The molecule has 6 atom stereocenters. The highest BCUT2D eigenvalue weighted by Gasteiger charge is 2.62. The van der Waals surface area contributed by atoms with Gasteiger partial charge in [0.1, 0.15) is 0 Å². The molecule has 1 saturated carbocycles. The molecule has 0 saturated heterocycles. The van der Waals surface area contributed by atoms with Crippen molar-refractivity contribution in [3.05, 3.63) is 35.5 Å². The molecule has 0 amide bonds. The first kappa shape index (κ1) is 28.7. The number of hydrogen-bond acceptors (Lipinski definition) is 3. The van der Waals surface area contributed by atoms with E-state index in [1.807, 2.05) is 0 Å². The van der Waals surface area contributed by atoms with E-state index >= 15 is 0 Å². The summed E-state index contributed by atoms with van der Waals surface area (Å²) in [5.74, 6) is -0.196. The maximum absolute atomic E-state index is 12.6. The number of carbonyl (C=O) groups excluding carboxylic acids is 1. The fourth-order valence-corrected chi connectivity index (χ4v) is 8.51. The fraction of sp³-hybridized carbons (Fsp3) is 0.750. The number of carbonyl (C=O) groups is 2. The van der Waals surface area contributed by atoms with Crippen LogP contribution in [0.2, 0.25) is 0 Å². The highest BCUT2D eigenvalue weighted by atomic mass is 16.5. The quantitative estimate of drug-likeness (QED) is 0.244. The van der Waals surface area contributed by atoms with Crippen molar-refractivity contribution < 1.29 is 19.4 Å². The van der Waals surface area contributed by atoms with Gasteiger partial charge in [-0.15, -0.1) is 0 Å². The van der Waals surface area contributed by atoms with Crippen molar-refractivity contribution in [1.82, 2.24) is 0 Å². The van der Waals surface area contributed by atoms with Crippen LogP contribution in [0.1, 0.15) is 106 Å². The van der Waals surface area contributed by atoms with Crippen LogP contribution in [0.5, 0.6) is 0 Å². The molecule has 36 heavy (non-hydrogen) atoms. The maximum atomic E-state index is 12.6. The zero-order chi connectivity index (χ0) is 27.1. The topological polar surface area (TPSA) is 63.6 Å². The summed E-state index contributed by atoms with van der Waals surface area (Å²) in [6.45, 7) is 22.1. The number of esters is 1. The van der Waals surface area contributed by atoms with E-state index < -0.39 is 5.97 Å². The second kappa shape index (κ2) is 10.5. The number of allylic oxidation sites excluding steroid dienone is 4. The van der Waals surface area contributed by atoms with Crippen LogP contribution < -0.4 is 0 Å². The molecule has 0 aromatic rings. The van der Waals surface area contributed by atoms with Crippen LogP contribution in [0.25, 0.3) is 0 Å². The standard InChI is InChI=1S/C32H50O4/c1-20(2)22(5)10-11-23(29(34)35)25-14-18-32(8)27-13-12-24(21(3)4)30(6,17-16-28(33)36-9)26(27)15-19-31(25,32)7/h20,23-25H,3,5,10-19H2,1-2,4,6-9H3,(H,34,35). The summed E-state index contributed by atoms with van der Waals surface area (Å²) in [6, 6.07) is 0. The molecule has 0 aromatic heterocycles. The minimum atomic E-state index is -0.643. The lowest BCUT2D eigenvalue weighted by Crippen LogP contribution is -2.49. The molecule has 0 radical (unpaired) electrons. The molecular weight excluding hydrogens is 448 g/mol. The molecule has 1 fully saturated rings. The molecule has 202 valence electrons. The van der Waals surface area contributed by atoms with Gasteiger partial charge in [0.15, 0.2) is 0 Å². The molecule has 0 heterocycles. The summed E-state index contributed by atoms with van der Waals surface area (Å²) in [6.07, 6.45) is 8.81. The Morgan fingerprint density at radius 3 is 2.28 bits per heavy atom. The molecule has 0 bridgehead atoms. The van der Waals surface area contributed by atoms with E-state index in [9.17, 15) is 14.7 Å². The average Bonchev–Trinajstić information content (AvgIpc) is 3.08. The van der Waals surface area contributed by atoms with Crippen LogP contribution in [0, 0.1) is 39.9 Å². The third-order valence-electron chi connectivity index (χ3n) is 11.2. The number of hydrogen-bond donors (Lipinski definition) is 1. The molecule has 4 nitrogen and oxygen atoms in total. The van der Waals surface area contributed by atoms with Crippen LogP contribution in [-0.4, -0.2) is 24.2 Å². The summed E-state index contributed by atoms with van der Waals surface area (Å²) >= 11 is 0. The van der Waals surface area contributed by atoms with Crippen LogP contribution in [0.4, 0.5) is 0 Å². The Morgan fingerprint density at radius 2 is 1.72 bits per heavy atom. The van der Waals surface area contributed by atoms with Gasteiger partial charge in [-0.2, -0.15) is 0 Å². The lowest BCUT2D eigenvalue weighted by molar-refractivity contribution is -0.146. The van der Waals surface area contributed by atoms with Gasteiger partial charge in [0.2, 0.25) is 0 Å². The van der Waals surface area contributed by atoms with E-state index in [-0.39, 0.29) is 34.1 Å². The second-order valence-corrected chi connectivity index (χ2v) is 13.1. The minimum absolute atomic E-state index is 0.000572. The Labute approximate surface area is 219 Å². The largest absolute Gasteiger partial charge is 0.481 e. The fourth-order valence-electron chi connectivity index (χ4n) is 8.51. The van der Waals surface area contributed by atoms with Gasteiger partial charge < -0.3 is 9.84 Å². The van der Waals surface area contributed by atoms with Gasteiger partial charge in [0, 0.05) is 6.42 Å². The average molecular weight is 499 g/mol. The Kier molecular flexibility index (Phi) is 8.38. The predicted molar refractivity (Wildman–Crippen MR) is 146 cm³/mol.